The maximum Gasteiger partial charge on any atom is 0.308 e. The number of halogens is 1. The van der Waals surface area contributed by atoms with Crippen molar-refractivity contribution in [2.75, 3.05) is 6.61 Å². The molecule has 0 spiro atoms. The van der Waals surface area contributed by atoms with Crippen LogP contribution in [0.3, 0.4) is 0 Å². The Hall–Kier alpha value is -1.90. The van der Waals surface area contributed by atoms with Gasteiger partial charge in [0.2, 0.25) is 0 Å². The van der Waals surface area contributed by atoms with Crippen molar-refractivity contribution in [2.45, 2.75) is 23.6 Å². The second-order valence-corrected chi connectivity index (χ2v) is 6.39. The van der Waals surface area contributed by atoms with E-state index < -0.39 is 0 Å². The zero-order chi connectivity index (χ0) is 16.7. The minimum atomic E-state index is -0.342. The molecule has 5 heteroatoms. The molecule has 23 heavy (non-hydrogen) atoms. The molecule has 2 rings (SSSR count). The third-order valence-corrected chi connectivity index (χ3v) is 4.77. The Kier molecular flexibility index (Phi) is 6.57. The normalized spacial score (nSPS) is 9.70. The van der Waals surface area contributed by atoms with Crippen molar-refractivity contribution in [3.05, 3.63) is 46.9 Å². The Labute approximate surface area is 148 Å². The molecule has 0 heterocycles. The maximum absolute atomic E-state index is 11.2. The molecule has 118 valence electrons. The predicted molar refractivity (Wildman–Crippen MR) is 95.0 cm³/mol. The van der Waals surface area contributed by atoms with Crippen LogP contribution in [0.5, 0.6) is 11.5 Å². The standard InChI is InChI=1S/C18H15BrO3S/c1-3-4-12-21-14-8-10-15(11-9-14)23-18-16(19)6-5-7-17(18)22-13(2)20/h5-11H,12H2,1-2H3. The highest BCUT2D eigenvalue weighted by Gasteiger charge is 2.11. The molecule has 0 unspecified atom stereocenters. The summed E-state index contributed by atoms with van der Waals surface area (Å²) in [6.07, 6.45) is 0. The Bertz CT molecular complexity index is 745. The zero-order valence-corrected chi connectivity index (χ0v) is 15.2. The summed E-state index contributed by atoms with van der Waals surface area (Å²) >= 11 is 5.01. The Morgan fingerprint density at radius 2 is 1.96 bits per heavy atom. The second kappa shape index (κ2) is 8.66. The van der Waals surface area contributed by atoms with Gasteiger partial charge < -0.3 is 9.47 Å². The molecule has 0 saturated carbocycles. The molecule has 0 aliphatic carbocycles. The number of ether oxygens (including phenoxy) is 2. The van der Waals surface area contributed by atoms with Gasteiger partial charge in [0.25, 0.3) is 0 Å². The van der Waals surface area contributed by atoms with Crippen molar-refractivity contribution in [1.82, 2.24) is 0 Å². The molecule has 0 aliphatic rings. The van der Waals surface area contributed by atoms with Crippen LogP contribution in [0.15, 0.2) is 56.7 Å². The van der Waals surface area contributed by atoms with Crippen LogP contribution < -0.4 is 9.47 Å². The van der Waals surface area contributed by atoms with Crippen LogP contribution in [0, 0.1) is 11.8 Å². The van der Waals surface area contributed by atoms with E-state index in [-0.39, 0.29) is 5.97 Å². The summed E-state index contributed by atoms with van der Waals surface area (Å²) in [4.78, 5) is 13.1. The van der Waals surface area contributed by atoms with Crippen molar-refractivity contribution in [3.63, 3.8) is 0 Å². The molecule has 0 atom stereocenters. The third-order valence-electron chi connectivity index (χ3n) is 2.72. The fraction of sp³-hybridized carbons (Fsp3) is 0.167. The van der Waals surface area contributed by atoms with Gasteiger partial charge in [-0.2, -0.15) is 0 Å². The fourth-order valence-electron chi connectivity index (χ4n) is 1.74. The van der Waals surface area contributed by atoms with Crippen LogP contribution in [-0.2, 0) is 4.79 Å². The van der Waals surface area contributed by atoms with E-state index in [1.54, 1.807) is 13.0 Å². The van der Waals surface area contributed by atoms with E-state index in [9.17, 15) is 4.79 Å². The molecule has 2 aromatic carbocycles. The van der Waals surface area contributed by atoms with Gasteiger partial charge in [-0.05, 0) is 59.3 Å². The van der Waals surface area contributed by atoms with Crippen LogP contribution in [0.2, 0.25) is 0 Å². The minimum absolute atomic E-state index is 0.342. The third kappa shape index (κ3) is 5.34. The summed E-state index contributed by atoms with van der Waals surface area (Å²) < 4.78 is 11.6. The van der Waals surface area contributed by atoms with Crippen LogP contribution >= 0.6 is 27.7 Å². The van der Waals surface area contributed by atoms with Gasteiger partial charge in [0.1, 0.15) is 18.1 Å². The van der Waals surface area contributed by atoms with Gasteiger partial charge in [-0.1, -0.05) is 23.7 Å². The summed E-state index contributed by atoms with van der Waals surface area (Å²) in [5.41, 5.74) is 0. The van der Waals surface area contributed by atoms with Crippen molar-refractivity contribution in [2.24, 2.45) is 0 Å². The average molecular weight is 391 g/mol. The first kappa shape index (κ1) is 17.5. The Balaban J connectivity index is 2.15. The van der Waals surface area contributed by atoms with Gasteiger partial charge in [-0.15, -0.1) is 5.92 Å². The quantitative estimate of drug-likeness (QED) is 0.412. The molecule has 0 saturated heterocycles. The SMILES string of the molecule is CC#CCOc1ccc(Sc2c(Br)cccc2OC(C)=O)cc1. The summed E-state index contributed by atoms with van der Waals surface area (Å²) in [6.45, 7) is 3.55. The molecule has 0 radical (unpaired) electrons. The summed E-state index contributed by atoms with van der Waals surface area (Å²) in [5, 5.41) is 0. The van der Waals surface area contributed by atoms with Crippen LogP contribution in [0.4, 0.5) is 0 Å². The molecule has 0 bridgehead atoms. The molecule has 0 fully saturated rings. The molecule has 2 aromatic rings. The van der Waals surface area contributed by atoms with Crippen molar-refractivity contribution >= 4 is 33.7 Å². The Morgan fingerprint density at radius 1 is 1.22 bits per heavy atom. The highest BCUT2D eigenvalue weighted by atomic mass is 79.9. The number of esters is 1. The first-order valence-electron chi connectivity index (χ1n) is 6.87. The van der Waals surface area contributed by atoms with E-state index in [2.05, 4.69) is 27.8 Å². The van der Waals surface area contributed by atoms with Gasteiger partial charge in [0.05, 0.1) is 4.90 Å². The number of carbonyl (C=O) groups is 1. The van der Waals surface area contributed by atoms with E-state index in [0.29, 0.717) is 12.4 Å². The van der Waals surface area contributed by atoms with E-state index in [0.717, 1.165) is 20.0 Å². The van der Waals surface area contributed by atoms with Gasteiger partial charge >= 0.3 is 5.97 Å². The predicted octanol–water partition coefficient (Wildman–Crippen LogP) is 4.93. The van der Waals surface area contributed by atoms with Gasteiger partial charge in [-0.25, -0.2) is 0 Å². The molecule has 0 amide bonds. The molecular formula is C18H15BrO3S. The monoisotopic (exact) mass is 390 g/mol. The van der Waals surface area contributed by atoms with E-state index in [1.807, 2.05) is 36.4 Å². The van der Waals surface area contributed by atoms with Crippen LogP contribution in [0.25, 0.3) is 0 Å². The van der Waals surface area contributed by atoms with E-state index in [1.165, 1.54) is 18.7 Å². The zero-order valence-electron chi connectivity index (χ0n) is 12.8. The van der Waals surface area contributed by atoms with Gasteiger partial charge in [-0.3, -0.25) is 4.79 Å². The number of carbonyl (C=O) groups excluding carboxylic acids is 1. The number of rotatable bonds is 5. The smallest absolute Gasteiger partial charge is 0.308 e. The van der Waals surface area contributed by atoms with Crippen molar-refractivity contribution < 1.29 is 14.3 Å². The van der Waals surface area contributed by atoms with E-state index in [4.69, 9.17) is 9.47 Å². The highest BCUT2D eigenvalue weighted by molar-refractivity contribution is 9.10. The second-order valence-electron chi connectivity index (χ2n) is 4.45. The largest absolute Gasteiger partial charge is 0.481 e. The van der Waals surface area contributed by atoms with Gasteiger partial charge in [0.15, 0.2) is 0 Å². The highest BCUT2D eigenvalue weighted by Crippen LogP contribution is 2.40. The first-order valence-corrected chi connectivity index (χ1v) is 8.48. The van der Waals surface area contributed by atoms with Crippen LogP contribution in [0.1, 0.15) is 13.8 Å². The molecular weight excluding hydrogens is 376 g/mol. The average Bonchev–Trinajstić information content (AvgIpc) is 2.52. The molecule has 0 N–H and O–H groups in total. The number of hydrogen-bond acceptors (Lipinski definition) is 4. The fourth-order valence-corrected chi connectivity index (χ4v) is 3.21. The lowest BCUT2D eigenvalue weighted by atomic mass is 10.3. The lowest BCUT2D eigenvalue weighted by molar-refractivity contribution is -0.132. The van der Waals surface area contributed by atoms with Crippen molar-refractivity contribution in [3.8, 4) is 23.3 Å². The minimum Gasteiger partial charge on any atom is -0.481 e. The van der Waals surface area contributed by atoms with Gasteiger partial charge in [0, 0.05) is 16.3 Å². The lowest BCUT2D eigenvalue weighted by Crippen LogP contribution is -2.02. The molecule has 0 aliphatic heterocycles. The van der Waals surface area contributed by atoms with E-state index >= 15 is 0 Å². The van der Waals surface area contributed by atoms with Crippen LogP contribution in [-0.4, -0.2) is 12.6 Å². The first-order chi connectivity index (χ1) is 11.1. The Morgan fingerprint density at radius 3 is 2.61 bits per heavy atom. The summed E-state index contributed by atoms with van der Waals surface area (Å²) in [7, 11) is 0. The summed E-state index contributed by atoms with van der Waals surface area (Å²) in [5.74, 6) is 6.60. The topological polar surface area (TPSA) is 35.5 Å². The maximum atomic E-state index is 11.2. The number of hydrogen-bond donors (Lipinski definition) is 0. The van der Waals surface area contributed by atoms with Crippen molar-refractivity contribution in [1.29, 1.82) is 0 Å². The summed E-state index contributed by atoms with van der Waals surface area (Å²) in [6, 6.07) is 13.2. The lowest BCUT2D eigenvalue weighted by Gasteiger charge is -2.11. The number of benzene rings is 2. The molecule has 3 nitrogen and oxygen atoms in total. The molecule has 0 aromatic heterocycles.